The van der Waals surface area contributed by atoms with E-state index in [0.717, 1.165) is 29.8 Å². The Morgan fingerprint density at radius 1 is 1.12 bits per heavy atom. The summed E-state index contributed by atoms with van der Waals surface area (Å²) in [7, 11) is 1.98. The lowest BCUT2D eigenvalue weighted by molar-refractivity contribution is -0.138. The van der Waals surface area contributed by atoms with Crippen molar-refractivity contribution < 1.29 is 9.59 Å². The summed E-state index contributed by atoms with van der Waals surface area (Å²) in [6.07, 6.45) is 12.1. The molecular weight excluding hydrogens is 432 g/mol. The van der Waals surface area contributed by atoms with Crippen LogP contribution < -0.4 is 5.32 Å². The van der Waals surface area contributed by atoms with Gasteiger partial charge in [0.2, 0.25) is 11.8 Å². The van der Waals surface area contributed by atoms with Gasteiger partial charge < -0.3 is 10.2 Å². The van der Waals surface area contributed by atoms with Gasteiger partial charge in [0.15, 0.2) is 0 Å². The molecule has 0 bridgehead atoms. The summed E-state index contributed by atoms with van der Waals surface area (Å²) >= 11 is 6.27. The number of carbonyl (C=O) groups excluding carboxylic acids is 2. The lowest BCUT2D eigenvalue weighted by Crippen LogP contribution is -2.60. The Balaban J connectivity index is 1.27. The standard InChI is InChI=1S/C28H37ClN2O2/c1-27-16-14-21-19(9-12-24-28(21,2)17-15-26(33)31(24)3)20(27)10-11-23(27)30-25(32)13-8-18-6-4-5-7-22(18)29/h4-7,15,17,19-21,23-24H,8-14,16H2,1-3H3,(H,30,32)/t19-,20-,21-,23-,24+,27-,28+/m0/s1. The predicted octanol–water partition coefficient (Wildman–Crippen LogP) is 5.40. The molecule has 4 aliphatic rings. The van der Waals surface area contributed by atoms with Crippen LogP contribution >= 0.6 is 11.6 Å². The van der Waals surface area contributed by atoms with E-state index >= 15 is 0 Å². The van der Waals surface area contributed by atoms with Crippen LogP contribution in [0.4, 0.5) is 0 Å². The first-order valence-electron chi connectivity index (χ1n) is 12.7. The molecule has 0 aromatic heterocycles. The molecule has 178 valence electrons. The van der Waals surface area contributed by atoms with Gasteiger partial charge in [0.25, 0.3) is 0 Å². The van der Waals surface area contributed by atoms with Crippen LogP contribution in [0.15, 0.2) is 36.4 Å². The molecule has 4 nitrogen and oxygen atoms in total. The second-order valence-electron chi connectivity index (χ2n) is 11.5. The number of aryl methyl sites for hydroxylation is 1. The van der Waals surface area contributed by atoms with Gasteiger partial charge in [-0.25, -0.2) is 0 Å². The fourth-order valence-corrected chi connectivity index (χ4v) is 8.42. The number of carbonyl (C=O) groups is 2. The fraction of sp³-hybridized carbons (Fsp3) is 0.643. The number of hydrogen-bond acceptors (Lipinski definition) is 2. The average molecular weight is 469 g/mol. The van der Waals surface area contributed by atoms with E-state index in [1.807, 2.05) is 42.3 Å². The van der Waals surface area contributed by atoms with Crippen LogP contribution in [0.1, 0.15) is 64.4 Å². The first-order valence-corrected chi connectivity index (χ1v) is 13.1. The Bertz CT molecular complexity index is 976. The Kier molecular flexibility index (Phi) is 5.87. The monoisotopic (exact) mass is 468 g/mol. The molecule has 1 aromatic carbocycles. The van der Waals surface area contributed by atoms with E-state index in [1.165, 1.54) is 19.3 Å². The van der Waals surface area contributed by atoms with Gasteiger partial charge in [0, 0.05) is 36.0 Å². The van der Waals surface area contributed by atoms with Crippen molar-refractivity contribution in [3.63, 3.8) is 0 Å². The molecule has 1 aliphatic heterocycles. The first kappa shape index (κ1) is 23.0. The van der Waals surface area contributed by atoms with E-state index in [0.29, 0.717) is 36.6 Å². The zero-order valence-electron chi connectivity index (χ0n) is 20.1. The van der Waals surface area contributed by atoms with Crippen LogP contribution in [-0.2, 0) is 16.0 Å². The number of hydrogen-bond donors (Lipinski definition) is 1. The smallest absolute Gasteiger partial charge is 0.246 e. The van der Waals surface area contributed by atoms with Crippen LogP contribution in [0.3, 0.4) is 0 Å². The zero-order valence-corrected chi connectivity index (χ0v) is 20.9. The number of rotatable bonds is 4. The van der Waals surface area contributed by atoms with Gasteiger partial charge in [-0.3, -0.25) is 9.59 Å². The van der Waals surface area contributed by atoms with Crippen molar-refractivity contribution in [1.82, 2.24) is 10.2 Å². The van der Waals surface area contributed by atoms with Crippen LogP contribution in [-0.4, -0.2) is 35.8 Å². The van der Waals surface area contributed by atoms with Gasteiger partial charge in [0.05, 0.1) is 0 Å². The molecule has 0 saturated heterocycles. The van der Waals surface area contributed by atoms with Gasteiger partial charge in [-0.2, -0.15) is 0 Å². The minimum atomic E-state index is 0.0726. The van der Waals surface area contributed by atoms with Crippen LogP contribution in [0.2, 0.25) is 5.02 Å². The van der Waals surface area contributed by atoms with Crippen molar-refractivity contribution in [3.05, 3.63) is 47.0 Å². The predicted molar refractivity (Wildman–Crippen MR) is 132 cm³/mol. The summed E-state index contributed by atoms with van der Waals surface area (Å²) in [6.45, 7) is 4.82. The number of fused-ring (bicyclic) bond motifs is 5. The highest BCUT2D eigenvalue weighted by Crippen LogP contribution is 2.63. The maximum absolute atomic E-state index is 12.9. The van der Waals surface area contributed by atoms with E-state index in [1.54, 1.807) is 0 Å². The normalized spacial score (nSPS) is 39.6. The first-order chi connectivity index (χ1) is 15.7. The molecule has 1 aromatic rings. The number of benzene rings is 1. The molecule has 0 unspecified atom stereocenters. The van der Waals surface area contributed by atoms with Crippen molar-refractivity contribution in [3.8, 4) is 0 Å². The Labute approximate surface area is 203 Å². The van der Waals surface area contributed by atoms with Crippen molar-refractivity contribution in [2.75, 3.05) is 7.05 Å². The summed E-state index contributed by atoms with van der Waals surface area (Å²) in [4.78, 5) is 27.2. The number of likely N-dealkylation sites (N-methyl/N-ethyl adjacent to an activating group) is 1. The van der Waals surface area contributed by atoms with Gasteiger partial charge >= 0.3 is 0 Å². The average Bonchev–Trinajstić information content (AvgIpc) is 3.12. The maximum atomic E-state index is 12.9. The minimum Gasteiger partial charge on any atom is -0.353 e. The van der Waals surface area contributed by atoms with E-state index in [2.05, 4.69) is 25.2 Å². The van der Waals surface area contributed by atoms with Gasteiger partial charge in [-0.1, -0.05) is 49.7 Å². The van der Waals surface area contributed by atoms with Crippen molar-refractivity contribution in [2.24, 2.45) is 28.6 Å². The van der Waals surface area contributed by atoms with Crippen LogP contribution in [0.5, 0.6) is 0 Å². The molecule has 5 heteroatoms. The Morgan fingerprint density at radius 2 is 1.91 bits per heavy atom. The van der Waals surface area contributed by atoms with Crippen molar-refractivity contribution >= 4 is 23.4 Å². The maximum Gasteiger partial charge on any atom is 0.246 e. The quantitative estimate of drug-likeness (QED) is 0.643. The number of halogens is 1. The molecule has 3 fully saturated rings. The third-order valence-electron chi connectivity index (χ3n) is 10.0. The summed E-state index contributed by atoms with van der Waals surface area (Å²) in [5.41, 5.74) is 1.28. The second kappa shape index (κ2) is 8.45. The van der Waals surface area contributed by atoms with Gasteiger partial charge in [-0.05, 0) is 85.8 Å². The third kappa shape index (κ3) is 3.73. The molecule has 1 N–H and O–H groups in total. The van der Waals surface area contributed by atoms with Crippen LogP contribution in [0, 0.1) is 28.6 Å². The molecular formula is C28H37ClN2O2. The Hall–Kier alpha value is -1.81. The highest BCUT2D eigenvalue weighted by atomic mass is 35.5. The van der Waals surface area contributed by atoms with E-state index in [9.17, 15) is 9.59 Å². The minimum absolute atomic E-state index is 0.0726. The van der Waals surface area contributed by atoms with Gasteiger partial charge in [0.1, 0.15) is 0 Å². The molecule has 3 aliphatic carbocycles. The molecule has 2 amide bonds. The second-order valence-corrected chi connectivity index (χ2v) is 11.9. The largest absolute Gasteiger partial charge is 0.353 e. The summed E-state index contributed by atoms with van der Waals surface area (Å²) in [5.74, 6) is 2.25. The third-order valence-corrected chi connectivity index (χ3v) is 10.4. The molecule has 5 rings (SSSR count). The van der Waals surface area contributed by atoms with E-state index in [-0.39, 0.29) is 28.7 Å². The highest BCUT2D eigenvalue weighted by Gasteiger charge is 2.60. The molecule has 0 radical (unpaired) electrons. The Morgan fingerprint density at radius 3 is 2.70 bits per heavy atom. The SMILES string of the molecule is CN1C(=O)C=C[C@]2(C)[C@H]3CC[C@]4(C)[C@@H](NC(=O)CCc5ccccc5Cl)CC[C@H]4[C@@H]3CC[C@@H]12. The number of nitrogens with one attached hydrogen (secondary N) is 1. The molecule has 0 spiro atoms. The summed E-state index contributed by atoms with van der Waals surface area (Å²) in [6, 6.07) is 8.38. The van der Waals surface area contributed by atoms with Crippen LogP contribution in [0.25, 0.3) is 0 Å². The molecule has 7 atom stereocenters. The number of amides is 2. The fourth-order valence-electron chi connectivity index (χ4n) is 8.19. The van der Waals surface area contributed by atoms with E-state index in [4.69, 9.17) is 11.6 Å². The lowest BCUT2D eigenvalue weighted by atomic mass is 9.48. The highest BCUT2D eigenvalue weighted by molar-refractivity contribution is 6.31. The molecule has 3 saturated carbocycles. The lowest BCUT2D eigenvalue weighted by Gasteiger charge is -2.60. The molecule has 33 heavy (non-hydrogen) atoms. The number of nitrogens with zero attached hydrogens (tertiary/aromatic N) is 1. The van der Waals surface area contributed by atoms with E-state index < -0.39 is 0 Å². The van der Waals surface area contributed by atoms with Crippen molar-refractivity contribution in [1.29, 1.82) is 0 Å². The summed E-state index contributed by atoms with van der Waals surface area (Å²) in [5, 5.41) is 4.17. The van der Waals surface area contributed by atoms with Gasteiger partial charge in [-0.15, -0.1) is 0 Å². The topological polar surface area (TPSA) is 49.4 Å². The van der Waals surface area contributed by atoms with Crippen molar-refractivity contribution in [2.45, 2.75) is 77.3 Å². The zero-order chi connectivity index (χ0) is 23.4. The molecule has 1 heterocycles. The summed E-state index contributed by atoms with van der Waals surface area (Å²) < 4.78 is 0.